The van der Waals surface area contributed by atoms with E-state index in [9.17, 15) is 9.18 Å². The Morgan fingerprint density at radius 3 is 3.14 bits per heavy atom. The van der Waals surface area contributed by atoms with Gasteiger partial charge in [-0.05, 0) is 30.7 Å². The molecule has 0 amide bonds. The Balaban J connectivity index is 1.97. The molecule has 1 aliphatic rings. The fraction of sp³-hybridized carbons (Fsp3) is 0.429. The monoisotopic (exact) mass is 326 g/mol. The van der Waals surface area contributed by atoms with Crippen LogP contribution in [0.3, 0.4) is 0 Å². The number of carbonyl (C=O) groups is 1. The summed E-state index contributed by atoms with van der Waals surface area (Å²) in [6, 6.07) is 4.90. The van der Waals surface area contributed by atoms with Gasteiger partial charge in [0, 0.05) is 11.8 Å². The number of halogens is 1. The second kappa shape index (κ2) is 6.27. The average Bonchev–Trinajstić information content (AvgIpc) is 3.07. The highest BCUT2D eigenvalue weighted by Crippen LogP contribution is 2.32. The molecule has 0 saturated carbocycles. The number of thioether (sulfide) groups is 2. The van der Waals surface area contributed by atoms with Crippen molar-refractivity contribution in [2.45, 2.75) is 29.8 Å². The predicted octanol–water partition coefficient (Wildman–Crippen LogP) is 3.25. The zero-order valence-corrected chi connectivity index (χ0v) is 12.9. The predicted molar refractivity (Wildman–Crippen MR) is 83.5 cm³/mol. The number of carboxylic acid groups (broad SMARTS) is 1. The Labute approximate surface area is 130 Å². The number of para-hydroxylation sites is 1. The van der Waals surface area contributed by atoms with Gasteiger partial charge in [-0.25, -0.2) is 9.37 Å². The van der Waals surface area contributed by atoms with E-state index in [0.29, 0.717) is 15.9 Å². The smallest absolute Gasteiger partial charge is 0.313 e. The fourth-order valence-corrected chi connectivity index (χ4v) is 4.49. The minimum Gasteiger partial charge on any atom is -0.481 e. The van der Waals surface area contributed by atoms with Crippen molar-refractivity contribution in [2.75, 3.05) is 11.5 Å². The van der Waals surface area contributed by atoms with Crippen molar-refractivity contribution in [3.8, 4) is 0 Å². The van der Waals surface area contributed by atoms with Gasteiger partial charge in [-0.1, -0.05) is 17.8 Å². The summed E-state index contributed by atoms with van der Waals surface area (Å²) in [5.41, 5.74) is 1.07. The molecule has 0 aliphatic carbocycles. The summed E-state index contributed by atoms with van der Waals surface area (Å²) in [6.07, 6.45) is 2.34. The van der Waals surface area contributed by atoms with Gasteiger partial charge in [0.05, 0.1) is 11.3 Å². The molecule has 2 heterocycles. The molecule has 1 aromatic heterocycles. The summed E-state index contributed by atoms with van der Waals surface area (Å²) in [5.74, 6) is -0.164. The van der Waals surface area contributed by atoms with Crippen LogP contribution in [0.4, 0.5) is 4.39 Å². The first-order chi connectivity index (χ1) is 10.1. The van der Waals surface area contributed by atoms with Gasteiger partial charge < -0.3 is 9.67 Å². The lowest BCUT2D eigenvalue weighted by Gasteiger charge is -2.13. The molecule has 1 N–H and O–H groups in total. The number of aromatic nitrogens is 2. The molecular weight excluding hydrogens is 311 g/mol. The third-order valence-corrected chi connectivity index (χ3v) is 5.77. The number of hydrogen-bond acceptors (Lipinski definition) is 4. The largest absolute Gasteiger partial charge is 0.481 e. The Bertz CT molecular complexity index is 668. The Morgan fingerprint density at radius 1 is 1.57 bits per heavy atom. The van der Waals surface area contributed by atoms with E-state index in [0.717, 1.165) is 36.0 Å². The summed E-state index contributed by atoms with van der Waals surface area (Å²) in [6.45, 7) is 0.757. The van der Waals surface area contributed by atoms with Crippen molar-refractivity contribution in [3.05, 3.63) is 24.0 Å². The number of imidazole rings is 1. The van der Waals surface area contributed by atoms with E-state index in [1.807, 2.05) is 22.4 Å². The van der Waals surface area contributed by atoms with Crippen LogP contribution in [0.5, 0.6) is 0 Å². The topological polar surface area (TPSA) is 55.1 Å². The molecule has 112 valence electrons. The number of carboxylic acids is 1. The van der Waals surface area contributed by atoms with E-state index in [-0.39, 0.29) is 11.6 Å². The summed E-state index contributed by atoms with van der Waals surface area (Å²) < 4.78 is 15.9. The van der Waals surface area contributed by atoms with E-state index < -0.39 is 5.97 Å². The molecule has 1 aliphatic heterocycles. The van der Waals surface area contributed by atoms with Gasteiger partial charge in [-0.2, -0.15) is 11.8 Å². The molecule has 7 heteroatoms. The zero-order valence-electron chi connectivity index (χ0n) is 11.3. The highest BCUT2D eigenvalue weighted by molar-refractivity contribution is 8.00. The summed E-state index contributed by atoms with van der Waals surface area (Å²) in [4.78, 5) is 15.1. The molecule has 0 bridgehead atoms. The quantitative estimate of drug-likeness (QED) is 0.855. The Morgan fingerprint density at radius 2 is 2.43 bits per heavy atom. The van der Waals surface area contributed by atoms with E-state index in [1.165, 1.54) is 12.5 Å². The third-order valence-electron chi connectivity index (χ3n) is 3.43. The fourth-order valence-electron chi connectivity index (χ4n) is 2.50. The number of hydrogen-bond donors (Lipinski definition) is 1. The number of rotatable bonds is 5. The van der Waals surface area contributed by atoms with Crippen LogP contribution in [-0.4, -0.2) is 37.4 Å². The first kappa shape index (κ1) is 14.7. The summed E-state index contributed by atoms with van der Waals surface area (Å²) in [5, 5.41) is 9.93. The minimum atomic E-state index is -0.894. The van der Waals surface area contributed by atoms with Crippen molar-refractivity contribution in [3.63, 3.8) is 0 Å². The molecule has 2 aromatic rings. The maximum atomic E-state index is 13.9. The highest BCUT2D eigenvalue weighted by atomic mass is 32.2. The number of nitrogens with zero attached hydrogens (tertiary/aromatic N) is 2. The molecule has 1 atom stereocenters. The number of aliphatic carboxylic acids is 1. The average molecular weight is 326 g/mol. The Hall–Kier alpha value is -1.21. The molecule has 4 nitrogen and oxygen atoms in total. The number of fused-ring (bicyclic) bond motifs is 1. The van der Waals surface area contributed by atoms with Gasteiger partial charge in [0.1, 0.15) is 5.52 Å². The molecule has 21 heavy (non-hydrogen) atoms. The van der Waals surface area contributed by atoms with Crippen molar-refractivity contribution in [1.29, 1.82) is 0 Å². The summed E-state index contributed by atoms with van der Waals surface area (Å²) >= 11 is 3.07. The minimum absolute atomic E-state index is 0.0667. The number of benzene rings is 1. The molecule has 1 saturated heterocycles. The maximum Gasteiger partial charge on any atom is 0.313 e. The van der Waals surface area contributed by atoms with Crippen LogP contribution < -0.4 is 0 Å². The lowest BCUT2D eigenvalue weighted by atomic mass is 10.2. The van der Waals surface area contributed by atoms with Crippen LogP contribution in [0.15, 0.2) is 23.4 Å². The van der Waals surface area contributed by atoms with E-state index in [4.69, 9.17) is 5.11 Å². The van der Waals surface area contributed by atoms with Crippen LogP contribution in [0.2, 0.25) is 0 Å². The first-order valence-electron chi connectivity index (χ1n) is 6.76. The zero-order chi connectivity index (χ0) is 14.8. The van der Waals surface area contributed by atoms with Crippen LogP contribution in [0, 0.1) is 5.82 Å². The Kier molecular flexibility index (Phi) is 4.40. The van der Waals surface area contributed by atoms with Gasteiger partial charge in [-0.15, -0.1) is 0 Å². The van der Waals surface area contributed by atoms with Crippen LogP contribution in [-0.2, 0) is 11.3 Å². The van der Waals surface area contributed by atoms with Gasteiger partial charge in [0.25, 0.3) is 0 Å². The SMILES string of the molecule is O=C(O)CSc1nc2c(F)cccc2n1CC1CCCS1. The second-order valence-electron chi connectivity index (χ2n) is 4.93. The lowest BCUT2D eigenvalue weighted by molar-refractivity contribution is -0.133. The van der Waals surface area contributed by atoms with Gasteiger partial charge in [-0.3, -0.25) is 4.79 Å². The molecule has 3 rings (SSSR count). The van der Waals surface area contributed by atoms with Crippen LogP contribution in [0.1, 0.15) is 12.8 Å². The first-order valence-corrected chi connectivity index (χ1v) is 8.79. The van der Waals surface area contributed by atoms with Crippen molar-refractivity contribution < 1.29 is 14.3 Å². The van der Waals surface area contributed by atoms with E-state index in [1.54, 1.807) is 6.07 Å². The van der Waals surface area contributed by atoms with Crippen molar-refractivity contribution in [1.82, 2.24) is 9.55 Å². The molecule has 0 spiro atoms. The van der Waals surface area contributed by atoms with Gasteiger partial charge in [0.2, 0.25) is 0 Å². The molecule has 0 radical (unpaired) electrons. The van der Waals surface area contributed by atoms with Gasteiger partial charge >= 0.3 is 5.97 Å². The lowest BCUT2D eigenvalue weighted by Crippen LogP contribution is -2.11. The van der Waals surface area contributed by atoms with Gasteiger partial charge in [0.15, 0.2) is 11.0 Å². The molecule has 1 aromatic carbocycles. The van der Waals surface area contributed by atoms with Crippen LogP contribution in [0.25, 0.3) is 11.0 Å². The van der Waals surface area contributed by atoms with Crippen molar-refractivity contribution in [2.24, 2.45) is 0 Å². The third kappa shape index (κ3) is 3.18. The standard InChI is InChI=1S/C14H15FN2O2S2/c15-10-4-1-5-11-13(10)16-14(21-8-12(18)19)17(11)7-9-3-2-6-20-9/h1,4-5,9H,2-3,6-8H2,(H,18,19). The summed E-state index contributed by atoms with van der Waals surface area (Å²) in [7, 11) is 0. The van der Waals surface area contributed by atoms with Crippen LogP contribution >= 0.6 is 23.5 Å². The normalized spacial score (nSPS) is 18.4. The molecular formula is C14H15FN2O2S2. The second-order valence-corrected chi connectivity index (χ2v) is 7.28. The van der Waals surface area contributed by atoms with E-state index in [2.05, 4.69) is 4.98 Å². The molecule has 1 unspecified atom stereocenters. The maximum absolute atomic E-state index is 13.9. The highest BCUT2D eigenvalue weighted by Gasteiger charge is 2.21. The molecule has 1 fully saturated rings. The van der Waals surface area contributed by atoms with E-state index >= 15 is 0 Å². The van der Waals surface area contributed by atoms with Crippen molar-refractivity contribution >= 4 is 40.5 Å².